The third-order valence-electron chi connectivity index (χ3n) is 4.29. The van der Waals surface area contributed by atoms with Crippen LogP contribution < -0.4 is 15.6 Å². The van der Waals surface area contributed by atoms with Gasteiger partial charge in [0.2, 0.25) is 0 Å². The maximum absolute atomic E-state index is 13.2. The lowest BCUT2D eigenvalue weighted by Gasteiger charge is -2.13. The number of hydrogen-bond acceptors (Lipinski definition) is 3. The molecule has 0 unspecified atom stereocenters. The molecule has 1 heterocycles. The van der Waals surface area contributed by atoms with Crippen molar-refractivity contribution < 1.29 is 13.9 Å². The number of aromatic nitrogens is 2. The summed E-state index contributed by atoms with van der Waals surface area (Å²) in [4.78, 5) is 25.4. The highest BCUT2D eigenvalue weighted by molar-refractivity contribution is 5.92. The average molecular weight is 383 g/mol. The Hall–Kier alpha value is -3.35. The summed E-state index contributed by atoms with van der Waals surface area (Å²) < 4.78 is 21.8. The zero-order valence-corrected chi connectivity index (χ0v) is 16.0. The Morgan fingerprint density at radius 2 is 1.86 bits per heavy atom. The first-order valence-electron chi connectivity index (χ1n) is 8.94. The van der Waals surface area contributed by atoms with Crippen molar-refractivity contribution in [1.29, 1.82) is 0 Å². The predicted molar refractivity (Wildman–Crippen MR) is 106 cm³/mol. The van der Waals surface area contributed by atoms with E-state index in [1.165, 1.54) is 22.9 Å². The molecular formula is C21H22FN3O3. The molecule has 0 saturated heterocycles. The second-order valence-corrected chi connectivity index (χ2v) is 6.69. The topological polar surface area (TPSA) is 65.3 Å². The van der Waals surface area contributed by atoms with Crippen LogP contribution in [0.1, 0.15) is 25.5 Å². The molecule has 3 rings (SSSR count). The van der Waals surface area contributed by atoms with Crippen LogP contribution >= 0.6 is 0 Å². The summed E-state index contributed by atoms with van der Waals surface area (Å²) in [6, 6.07) is 14.7. The highest BCUT2D eigenvalue weighted by Crippen LogP contribution is 2.23. The summed E-state index contributed by atoms with van der Waals surface area (Å²) in [5, 5.41) is 2.66. The number of benzene rings is 2. The number of anilines is 1. The molecule has 7 heteroatoms. The van der Waals surface area contributed by atoms with Crippen LogP contribution in [0.25, 0.3) is 5.69 Å². The lowest BCUT2D eigenvalue weighted by Crippen LogP contribution is -2.25. The fraction of sp³-hybridized carbons (Fsp3) is 0.238. The minimum atomic E-state index is -0.492. The van der Waals surface area contributed by atoms with E-state index in [-0.39, 0.29) is 29.5 Å². The van der Waals surface area contributed by atoms with Gasteiger partial charge >= 0.3 is 0 Å². The van der Waals surface area contributed by atoms with E-state index in [0.29, 0.717) is 11.4 Å². The molecule has 0 spiro atoms. The molecular weight excluding hydrogens is 361 g/mol. The number of carbonyl (C=O) groups is 1. The van der Waals surface area contributed by atoms with E-state index in [0.717, 1.165) is 0 Å². The first-order valence-corrected chi connectivity index (χ1v) is 8.94. The van der Waals surface area contributed by atoms with Crippen molar-refractivity contribution in [2.45, 2.75) is 19.8 Å². The number of hydrogen-bond donors (Lipinski definition) is 1. The summed E-state index contributed by atoms with van der Waals surface area (Å²) in [5.74, 6) is -0.695. The van der Waals surface area contributed by atoms with Crippen LogP contribution in [0.15, 0.2) is 59.4 Å². The van der Waals surface area contributed by atoms with Crippen LogP contribution in [0.2, 0.25) is 0 Å². The molecule has 0 aliphatic rings. The number of nitrogens with one attached hydrogen (secondary N) is 1. The quantitative estimate of drug-likeness (QED) is 0.709. The zero-order valence-electron chi connectivity index (χ0n) is 16.0. The van der Waals surface area contributed by atoms with Crippen LogP contribution in [0.3, 0.4) is 0 Å². The van der Waals surface area contributed by atoms with E-state index in [2.05, 4.69) is 5.32 Å². The fourth-order valence-electron chi connectivity index (χ4n) is 3.14. The molecule has 0 aliphatic carbocycles. The van der Waals surface area contributed by atoms with Gasteiger partial charge in [0.1, 0.15) is 17.3 Å². The molecule has 0 fully saturated rings. The molecule has 0 saturated carbocycles. The smallest absolute Gasteiger partial charge is 0.295 e. The first-order chi connectivity index (χ1) is 13.4. The predicted octanol–water partition coefficient (Wildman–Crippen LogP) is 3.46. The van der Waals surface area contributed by atoms with Gasteiger partial charge in [-0.15, -0.1) is 0 Å². The minimum absolute atomic E-state index is 0.00194. The van der Waals surface area contributed by atoms with E-state index in [4.69, 9.17) is 4.74 Å². The van der Waals surface area contributed by atoms with E-state index in [9.17, 15) is 14.0 Å². The van der Waals surface area contributed by atoms with Crippen LogP contribution in [-0.2, 0) is 11.8 Å². The molecule has 1 aromatic heterocycles. The van der Waals surface area contributed by atoms with Gasteiger partial charge in [-0.2, -0.15) is 0 Å². The van der Waals surface area contributed by atoms with E-state index < -0.39 is 11.7 Å². The Balaban J connectivity index is 1.87. The van der Waals surface area contributed by atoms with E-state index in [1.807, 2.05) is 44.2 Å². The van der Waals surface area contributed by atoms with Gasteiger partial charge in [0.05, 0.1) is 11.4 Å². The van der Waals surface area contributed by atoms with Crippen molar-refractivity contribution in [3.05, 3.63) is 76.5 Å². The number of halogens is 1. The SMILES string of the molecule is CC(C)c1c(NC(=O)COc2cccc(F)c2)c(=O)n(-c2ccccc2)n1C. The molecule has 2 aromatic carbocycles. The van der Waals surface area contributed by atoms with E-state index >= 15 is 0 Å². The van der Waals surface area contributed by atoms with Crippen molar-refractivity contribution in [2.24, 2.45) is 7.05 Å². The molecule has 0 bridgehead atoms. The molecule has 0 radical (unpaired) electrons. The largest absolute Gasteiger partial charge is 0.484 e. The Morgan fingerprint density at radius 1 is 1.14 bits per heavy atom. The second-order valence-electron chi connectivity index (χ2n) is 6.69. The molecule has 6 nitrogen and oxygen atoms in total. The van der Waals surface area contributed by atoms with Crippen LogP contribution in [-0.4, -0.2) is 21.9 Å². The number of rotatable bonds is 6. The third kappa shape index (κ3) is 3.98. The second kappa shape index (κ2) is 8.12. The zero-order chi connectivity index (χ0) is 20.3. The fourth-order valence-corrected chi connectivity index (χ4v) is 3.14. The maximum atomic E-state index is 13.2. The standard InChI is InChI=1S/C21H22FN3O3/c1-14(2)20-19(21(27)25(24(20)3)16-9-5-4-6-10-16)23-18(26)13-28-17-11-7-8-15(22)12-17/h4-12,14H,13H2,1-3H3,(H,23,26). The Morgan fingerprint density at radius 3 is 2.50 bits per heavy atom. The van der Waals surface area contributed by atoms with Gasteiger partial charge in [0.25, 0.3) is 11.5 Å². The van der Waals surface area contributed by atoms with Crippen LogP contribution in [0, 0.1) is 5.82 Å². The molecule has 1 amide bonds. The van der Waals surface area contributed by atoms with Gasteiger partial charge in [-0.1, -0.05) is 38.1 Å². The Kier molecular flexibility index (Phi) is 5.63. The molecule has 146 valence electrons. The summed E-state index contributed by atoms with van der Waals surface area (Å²) in [7, 11) is 1.78. The van der Waals surface area contributed by atoms with Crippen molar-refractivity contribution in [1.82, 2.24) is 9.36 Å². The molecule has 0 aliphatic heterocycles. The minimum Gasteiger partial charge on any atom is -0.484 e. The van der Waals surface area contributed by atoms with Gasteiger partial charge in [-0.3, -0.25) is 14.3 Å². The number of para-hydroxylation sites is 1. The number of ether oxygens (including phenoxy) is 1. The van der Waals surface area contributed by atoms with Crippen LogP contribution in [0.4, 0.5) is 10.1 Å². The van der Waals surface area contributed by atoms with E-state index in [1.54, 1.807) is 17.8 Å². The van der Waals surface area contributed by atoms with Gasteiger partial charge in [0.15, 0.2) is 6.61 Å². The highest BCUT2D eigenvalue weighted by atomic mass is 19.1. The summed E-state index contributed by atoms with van der Waals surface area (Å²) in [5.41, 5.74) is 1.30. The van der Waals surface area contributed by atoms with Gasteiger partial charge < -0.3 is 10.1 Å². The Bertz CT molecular complexity index is 1040. The normalized spacial score (nSPS) is 10.9. The van der Waals surface area contributed by atoms with Crippen LogP contribution in [0.5, 0.6) is 5.75 Å². The summed E-state index contributed by atoms with van der Waals surface area (Å²) in [6.07, 6.45) is 0. The van der Waals surface area contributed by atoms with Crippen molar-refractivity contribution in [2.75, 3.05) is 11.9 Å². The van der Waals surface area contributed by atoms with Gasteiger partial charge in [0, 0.05) is 13.1 Å². The third-order valence-corrected chi connectivity index (χ3v) is 4.29. The summed E-state index contributed by atoms with van der Waals surface area (Å²) in [6.45, 7) is 3.56. The van der Waals surface area contributed by atoms with Gasteiger partial charge in [-0.05, 0) is 30.2 Å². The monoisotopic (exact) mass is 383 g/mol. The maximum Gasteiger partial charge on any atom is 0.295 e. The number of amides is 1. The number of carbonyl (C=O) groups excluding carboxylic acids is 1. The number of nitrogens with zero attached hydrogens (tertiary/aromatic N) is 2. The molecule has 0 atom stereocenters. The first kappa shape index (κ1) is 19.4. The molecule has 3 aromatic rings. The molecule has 28 heavy (non-hydrogen) atoms. The van der Waals surface area contributed by atoms with Crippen molar-refractivity contribution in [3.8, 4) is 11.4 Å². The summed E-state index contributed by atoms with van der Waals surface area (Å²) >= 11 is 0. The van der Waals surface area contributed by atoms with Gasteiger partial charge in [-0.25, -0.2) is 9.07 Å². The highest BCUT2D eigenvalue weighted by Gasteiger charge is 2.22. The lowest BCUT2D eigenvalue weighted by atomic mass is 10.1. The molecule has 1 N–H and O–H groups in total. The van der Waals surface area contributed by atoms with Crippen molar-refractivity contribution >= 4 is 11.6 Å². The Labute approximate surface area is 162 Å². The lowest BCUT2D eigenvalue weighted by molar-refractivity contribution is -0.118. The van der Waals surface area contributed by atoms with Crippen molar-refractivity contribution in [3.63, 3.8) is 0 Å². The average Bonchev–Trinajstić information content (AvgIpc) is 2.91.